The molecule has 1 aliphatic heterocycles. The zero-order chi connectivity index (χ0) is 18.1. The molecule has 0 aromatic rings. The lowest BCUT2D eigenvalue weighted by molar-refractivity contribution is -0.149. The maximum atomic E-state index is 12.1. The molecule has 25 heavy (non-hydrogen) atoms. The van der Waals surface area contributed by atoms with Crippen LogP contribution in [0.2, 0.25) is 0 Å². The molecule has 6 nitrogen and oxygen atoms in total. The summed E-state index contributed by atoms with van der Waals surface area (Å²) in [6.45, 7) is 5.70. The van der Waals surface area contributed by atoms with Gasteiger partial charge in [0.05, 0.1) is 12.5 Å². The van der Waals surface area contributed by atoms with Crippen LogP contribution in [0.15, 0.2) is 4.99 Å². The molecule has 0 radical (unpaired) electrons. The van der Waals surface area contributed by atoms with E-state index < -0.39 is 0 Å². The molecule has 0 spiro atoms. The highest BCUT2D eigenvalue weighted by atomic mass is 16.5. The molecule has 1 saturated carbocycles. The van der Waals surface area contributed by atoms with Gasteiger partial charge in [-0.3, -0.25) is 9.79 Å². The first-order chi connectivity index (χ1) is 12.1. The van der Waals surface area contributed by atoms with Crippen LogP contribution in [0.1, 0.15) is 51.9 Å². The number of nitrogens with one attached hydrogen (secondary N) is 1. The Balaban J connectivity index is 1.91. The second-order valence-corrected chi connectivity index (χ2v) is 7.39. The highest BCUT2D eigenvalue weighted by Gasteiger charge is 2.34. The number of guanidine groups is 1. The molecule has 0 aromatic carbocycles. The van der Waals surface area contributed by atoms with Gasteiger partial charge in [-0.05, 0) is 44.4 Å². The number of hydrogen-bond acceptors (Lipinski definition) is 4. The van der Waals surface area contributed by atoms with Crippen LogP contribution in [0.4, 0.5) is 0 Å². The third kappa shape index (κ3) is 5.59. The van der Waals surface area contributed by atoms with E-state index in [0.717, 1.165) is 44.9 Å². The van der Waals surface area contributed by atoms with E-state index in [1.807, 2.05) is 14.0 Å². The molecule has 1 saturated heterocycles. The topological polar surface area (TPSA) is 63.2 Å². The highest BCUT2D eigenvalue weighted by molar-refractivity contribution is 5.81. The molecule has 0 aromatic heterocycles. The number of rotatable bonds is 7. The molecule has 1 N–H and O–H groups in total. The van der Waals surface area contributed by atoms with Crippen molar-refractivity contribution in [2.24, 2.45) is 16.3 Å². The Hall–Kier alpha value is -1.30. The summed E-state index contributed by atoms with van der Waals surface area (Å²) in [4.78, 5) is 18.8. The number of methoxy groups -OCH3 is 1. The lowest BCUT2D eigenvalue weighted by Gasteiger charge is -2.36. The van der Waals surface area contributed by atoms with Gasteiger partial charge in [-0.15, -0.1) is 0 Å². The summed E-state index contributed by atoms with van der Waals surface area (Å²) in [6, 6.07) is 0. The minimum Gasteiger partial charge on any atom is -0.466 e. The second-order valence-electron chi connectivity index (χ2n) is 7.39. The number of piperidine rings is 1. The molecule has 2 rings (SSSR count). The number of carbonyl (C=O) groups excluding carboxylic acids is 1. The zero-order valence-electron chi connectivity index (χ0n) is 16.2. The van der Waals surface area contributed by atoms with Crippen LogP contribution in [0.25, 0.3) is 0 Å². The molecular formula is C19H35N3O3. The van der Waals surface area contributed by atoms with Gasteiger partial charge in [0.1, 0.15) is 0 Å². The maximum Gasteiger partial charge on any atom is 0.310 e. The Morgan fingerprint density at radius 1 is 1.32 bits per heavy atom. The Bertz CT molecular complexity index is 447. The van der Waals surface area contributed by atoms with E-state index in [-0.39, 0.29) is 11.9 Å². The lowest BCUT2D eigenvalue weighted by Crippen LogP contribution is -2.50. The Morgan fingerprint density at radius 2 is 2.08 bits per heavy atom. The van der Waals surface area contributed by atoms with Crippen LogP contribution in [0, 0.1) is 11.3 Å². The zero-order valence-corrected chi connectivity index (χ0v) is 16.2. The summed E-state index contributed by atoms with van der Waals surface area (Å²) in [5.41, 5.74) is 0.322. The van der Waals surface area contributed by atoms with Crippen LogP contribution >= 0.6 is 0 Å². The average Bonchev–Trinajstić information content (AvgIpc) is 3.10. The van der Waals surface area contributed by atoms with Gasteiger partial charge in [0.15, 0.2) is 5.96 Å². The minimum absolute atomic E-state index is 0.0406. The molecule has 1 atom stereocenters. The van der Waals surface area contributed by atoms with Gasteiger partial charge in [-0.25, -0.2) is 0 Å². The Kier molecular flexibility index (Phi) is 8.00. The van der Waals surface area contributed by atoms with Crippen LogP contribution in [-0.4, -0.2) is 63.8 Å². The fraction of sp³-hybridized carbons (Fsp3) is 0.895. The first-order valence-corrected chi connectivity index (χ1v) is 9.75. The van der Waals surface area contributed by atoms with Crippen molar-refractivity contribution in [3.8, 4) is 0 Å². The quantitative estimate of drug-likeness (QED) is 0.433. The molecular weight excluding hydrogens is 318 g/mol. The molecule has 0 amide bonds. The van der Waals surface area contributed by atoms with Crippen molar-refractivity contribution in [1.29, 1.82) is 0 Å². The largest absolute Gasteiger partial charge is 0.466 e. The number of ether oxygens (including phenoxy) is 2. The minimum atomic E-state index is -0.0741. The summed E-state index contributed by atoms with van der Waals surface area (Å²) in [7, 11) is 3.60. The van der Waals surface area contributed by atoms with Crippen molar-refractivity contribution in [3.05, 3.63) is 0 Å². The van der Waals surface area contributed by atoms with E-state index in [1.54, 1.807) is 7.11 Å². The van der Waals surface area contributed by atoms with E-state index in [1.165, 1.54) is 25.7 Å². The summed E-state index contributed by atoms with van der Waals surface area (Å²) in [6.07, 6.45) is 8.12. The van der Waals surface area contributed by atoms with Crippen molar-refractivity contribution in [3.63, 3.8) is 0 Å². The number of esters is 1. The first-order valence-electron chi connectivity index (χ1n) is 9.75. The van der Waals surface area contributed by atoms with Gasteiger partial charge < -0.3 is 19.7 Å². The third-order valence-electron chi connectivity index (χ3n) is 5.67. The van der Waals surface area contributed by atoms with Crippen molar-refractivity contribution in [2.45, 2.75) is 51.9 Å². The van der Waals surface area contributed by atoms with Gasteiger partial charge in [0, 0.05) is 40.4 Å². The van der Waals surface area contributed by atoms with Gasteiger partial charge in [-0.2, -0.15) is 0 Å². The second kappa shape index (κ2) is 10.00. The Morgan fingerprint density at radius 3 is 2.72 bits per heavy atom. The molecule has 1 aliphatic carbocycles. The summed E-state index contributed by atoms with van der Waals surface area (Å²) >= 11 is 0. The third-order valence-corrected chi connectivity index (χ3v) is 5.67. The average molecular weight is 354 g/mol. The molecule has 6 heteroatoms. The Labute approximate surface area is 152 Å². The first kappa shape index (κ1) is 20.0. The fourth-order valence-electron chi connectivity index (χ4n) is 4.18. The molecule has 0 bridgehead atoms. The van der Waals surface area contributed by atoms with Crippen molar-refractivity contribution < 1.29 is 14.3 Å². The molecule has 0 unspecified atom stereocenters. The fourth-order valence-corrected chi connectivity index (χ4v) is 4.18. The van der Waals surface area contributed by atoms with E-state index >= 15 is 0 Å². The van der Waals surface area contributed by atoms with Crippen LogP contribution < -0.4 is 5.32 Å². The van der Waals surface area contributed by atoms with Crippen molar-refractivity contribution in [2.75, 3.05) is 47.0 Å². The number of hydrogen-bond donors (Lipinski definition) is 1. The van der Waals surface area contributed by atoms with Crippen LogP contribution in [0.3, 0.4) is 0 Å². The highest BCUT2D eigenvalue weighted by Crippen LogP contribution is 2.40. The van der Waals surface area contributed by atoms with Gasteiger partial charge in [0.2, 0.25) is 0 Å². The molecule has 1 heterocycles. The summed E-state index contributed by atoms with van der Waals surface area (Å²) < 4.78 is 10.5. The molecule has 2 aliphatic rings. The molecule has 144 valence electrons. The summed E-state index contributed by atoms with van der Waals surface area (Å²) in [5.74, 6) is 0.800. The SMILES string of the molecule is CCOC(=O)[C@H]1CCCN(C(=NC)NCC2(CCOC)CCCC2)C1. The van der Waals surface area contributed by atoms with Gasteiger partial charge >= 0.3 is 5.97 Å². The van der Waals surface area contributed by atoms with E-state index in [4.69, 9.17) is 9.47 Å². The summed E-state index contributed by atoms with van der Waals surface area (Å²) in [5, 5.41) is 3.59. The van der Waals surface area contributed by atoms with E-state index in [0.29, 0.717) is 18.6 Å². The van der Waals surface area contributed by atoms with Crippen LogP contribution in [0.5, 0.6) is 0 Å². The predicted molar refractivity (Wildman–Crippen MR) is 99.7 cm³/mol. The van der Waals surface area contributed by atoms with Crippen LogP contribution in [-0.2, 0) is 14.3 Å². The molecule has 2 fully saturated rings. The normalized spacial score (nSPS) is 23.6. The van der Waals surface area contributed by atoms with Crippen molar-refractivity contribution >= 4 is 11.9 Å². The number of nitrogens with zero attached hydrogens (tertiary/aromatic N) is 2. The number of carbonyl (C=O) groups is 1. The lowest BCUT2D eigenvalue weighted by atomic mass is 9.83. The smallest absolute Gasteiger partial charge is 0.310 e. The number of aliphatic imine (C=N–C) groups is 1. The number of likely N-dealkylation sites (tertiary alicyclic amines) is 1. The van der Waals surface area contributed by atoms with Crippen molar-refractivity contribution in [1.82, 2.24) is 10.2 Å². The maximum absolute atomic E-state index is 12.1. The van der Waals surface area contributed by atoms with E-state index in [2.05, 4.69) is 15.2 Å². The standard InChI is InChI=1S/C19H35N3O3/c1-4-25-17(23)16-8-7-12-22(14-16)18(20-2)21-15-19(11-13-24-3)9-5-6-10-19/h16H,4-15H2,1-3H3,(H,20,21)/t16-/m0/s1. The van der Waals surface area contributed by atoms with E-state index in [9.17, 15) is 4.79 Å². The van der Waals surface area contributed by atoms with Gasteiger partial charge in [-0.1, -0.05) is 12.8 Å². The monoisotopic (exact) mass is 353 g/mol. The van der Waals surface area contributed by atoms with Gasteiger partial charge in [0.25, 0.3) is 0 Å². The predicted octanol–water partition coefficient (Wildman–Crippen LogP) is 2.43.